The average molecular weight is 326 g/mol. The van der Waals surface area contributed by atoms with Crippen molar-refractivity contribution in [1.82, 2.24) is 9.88 Å². The van der Waals surface area contributed by atoms with Gasteiger partial charge in [-0.1, -0.05) is 13.3 Å². The van der Waals surface area contributed by atoms with E-state index in [4.69, 9.17) is 0 Å². The first-order chi connectivity index (χ1) is 9.15. The van der Waals surface area contributed by atoms with Gasteiger partial charge in [-0.15, -0.1) is 0 Å². The minimum Gasteiger partial charge on any atom is -0.372 e. The Hall–Kier alpha value is -1.10. The van der Waals surface area contributed by atoms with Crippen molar-refractivity contribution >= 4 is 27.7 Å². The molecule has 1 aromatic heterocycles. The van der Waals surface area contributed by atoms with E-state index in [0.29, 0.717) is 17.3 Å². The molecule has 1 aliphatic rings. The van der Waals surface area contributed by atoms with Crippen LogP contribution in [-0.2, 0) is 0 Å². The summed E-state index contributed by atoms with van der Waals surface area (Å²) < 4.78 is 0.832. The van der Waals surface area contributed by atoms with E-state index in [-0.39, 0.29) is 5.91 Å². The molecule has 1 saturated heterocycles. The predicted octanol–water partition coefficient (Wildman–Crippen LogP) is 3.15. The van der Waals surface area contributed by atoms with Crippen molar-refractivity contribution in [3.63, 3.8) is 0 Å². The van der Waals surface area contributed by atoms with E-state index < -0.39 is 0 Å². The molecule has 0 radical (unpaired) electrons. The van der Waals surface area contributed by atoms with Crippen LogP contribution in [0.4, 0.5) is 5.82 Å². The van der Waals surface area contributed by atoms with Crippen molar-refractivity contribution < 1.29 is 4.79 Å². The van der Waals surface area contributed by atoms with Crippen LogP contribution in [-0.4, -0.2) is 35.9 Å². The van der Waals surface area contributed by atoms with E-state index >= 15 is 0 Å². The SMILES string of the molecule is CCC1CCCN(C(=O)c2cc(Br)cnc2NC)C1. The number of nitrogens with zero attached hydrogens (tertiary/aromatic N) is 2. The van der Waals surface area contributed by atoms with Gasteiger partial charge >= 0.3 is 0 Å². The normalized spacial score (nSPS) is 19.3. The fourth-order valence-electron chi connectivity index (χ4n) is 2.55. The molecule has 19 heavy (non-hydrogen) atoms. The molecule has 5 heteroatoms. The first-order valence-corrected chi connectivity index (χ1v) is 7.57. The monoisotopic (exact) mass is 325 g/mol. The Balaban J connectivity index is 2.21. The number of nitrogens with one attached hydrogen (secondary N) is 1. The van der Waals surface area contributed by atoms with Gasteiger partial charge in [0, 0.05) is 30.8 Å². The van der Waals surface area contributed by atoms with Crippen LogP contribution in [0, 0.1) is 5.92 Å². The Bertz CT molecular complexity index is 464. The van der Waals surface area contributed by atoms with E-state index in [1.165, 1.54) is 6.42 Å². The van der Waals surface area contributed by atoms with Crippen molar-refractivity contribution in [2.75, 3.05) is 25.5 Å². The number of carbonyl (C=O) groups is 1. The number of hydrogen-bond donors (Lipinski definition) is 1. The Morgan fingerprint density at radius 3 is 3.11 bits per heavy atom. The third kappa shape index (κ3) is 3.26. The van der Waals surface area contributed by atoms with E-state index in [2.05, 4.69) is 33.2 Å². The third-order valence-electron chi connectivity index (χ3n) is 3.71. The largest absolute Gasteiger partial charge is 0.372 e. The standard InChI is InChI=1S/C14H20BrN3O/c1-3-10-5-4-6-18(9-10)14(19)12-7-11(15)8-17-13(12)16-2/h7-8,10H,3-6,9H2,1-2H3,(H,16,17). The summed E-state index contributed by atoms with van der Waals surface area (Å²) in [5.41, 5.74) is 0.647. The first-order valence-electron chi connectivity index (χ1n) is 6.78. The zero-order valence-corrected chi connectivity index (χ0v) is 13.0. The molecule has 4 nitrogen and oxygen atoms in total. The lowest BCUT2D eigenvalue weighted by atomic mass is 9.95. The second-order valence-corrected chi connectivity index (χ2v) is 5.88. The molecule has 0 aromatic carbocycles. The molecular formula is C14H20BrN3O. The Kier molecular flexibility index (Phi) is 4.80. The summed E-state index contributed by atoms with van der Waals surface area (Å²) in [6, 6.07) is 1.84. The van der Waals surface area contributed by atoms with Gasteiger partial charge in [0.1, 0.15) is 5.82 Å². The van der Waals surface area contributed by atoms with Crippen molar-refractivity contribution in [3.8, 4) is 0 Å². The van der Waals surface area contributed by atoms with Crippen LogP contribution in [0.1, 0.15) is 36.5 Å². The highest BCUT2D eigenvalue weighted by molar-refractivity contribution is 9.10. The lowest BCUT2D eigenvalue weighted by Crippen LogP contribution is -2.40. The highest BCUT2D eigenvalue weighted by Gasteiger charge is 2.25. The van der Waals surface area contributed by atoms with E-state index in [9.17, 15) is 4.79 Å². The molecule has 1 aliphatic heterocycles. The summed E-state index contributed by atoms with van der Waals surface area (Å²) in [6.45, 7) is 3.91. The fourth-order valence-corrected chi connectivity index (χ4v) is 2.89. The van der Waals surface area contributed by atoms with Crippen molar-refractivity contribution in [1.29, 1.82) is 0 Å². The van der Waals surface area contributed by atoms with E-state index in [1.54, 1.807) is 13.2 Å². The molecule has 1 amide bonds. The Morgan fingerprint density at radius 1 is 1.63 bits per heavy atom. The number of halogens is 1. The van der Waals surface area contributed by atoms with Gasteiger partial charge in [-0.3, -0.25) is 4.79 Å². The van der Waals surface area contributed by atoms with Crippen LogP contribution in [0.5, 0.6) is 0 Å². The summed E-state index contributed by atoms with van der Waals surface area (Å²) in [6.07, 6.45) is 5.17. The lowest BCUT2D eigenvalue weighted by Gasteiger charge is -2.32. The van der Waals surface area contributed by atoms with Gasteiger partial charge in [0.15, 0.2) is 0 Å². The number of amides is 1. The number of likely N-dealkylation sites (tertiary alicyclic amines) is 1. The highest BCUT2D eigenvalue weighted by atomic mass is 79.9. The van der Waals surface area contributed by atoms with E-state index in [0.717, 1.165) is 30.4 Å². The summed E-state index contributed by atoms with van der Waals surface area (Å²) in [5, 5.41) is 2.99. The number of rotatable bonds is 3. The quantitative estimate of drug-likeness (QED) is 0.928. The van der Waals surface area contributed by atoms with Crippen LogP contribution in [0.25, 0.3) is 0 Å². The van der Waals surface area contributed by atoms with Gasteiger partial charge < -0.3 is 10.2 Å². The van der Waals surface area contributed by atoms with Gasteiger partial charge in [0.05, 0.1) is 5.56 Å². The van der Waals surface area contributed by atoms with Gasteiger partial charge in [-0.25, -0.2) is 4.98 Å². The van der Waals surface area contributed by atoms with Crippen molar-refractivity contribution in [3.05, 3.63) is 22.3 Å². The maximum absolute atomic E-state index is 12.6. The summed E-state index contributed by atoms with van der Waals surface area (Å²) >= 11 is 3.38. The van der Waals surface area contributed by atoms with Crippen LogP contribution in [0.15, 0.2) is 16.7 Å². The maximum Gasteiger partial charge on any atom is 0.257 e. The second-order valence-electron chi connectivity index (χ2n) is 4.97. The molecule has 1 atom stereocenters. The number of aromatic nitrogens is 1. The topological polar surface area (TPSA) is 45.2 Å². The number of piperidine rings is 1. The molecule has 104 valence electrons. The van der Waals surface area contributed by atoms with E-state index in [1.807, 2.05) is 11.0 Å². The van der Waals surface area contributed by atoms with Gasteiger partial charge in [-0.05, 0) is 40.8 Å². The maximum atomic E-state index is 12.6. The molecule has 0 aliphatic carbocycles. The first kappa shape index (κ1) is 14.3. The molecule has 1 unspecified atom stereocenters. The van der Waals surface area contributed by atoms with Gasteiger partial charge in [0.25, 0.3) is 5.91 Å². The molecule has 1 fully saturated rings. The van der Waals surface area contributed by atoms with Crippen LogP contribution in [0.2, 0.25) is 0 Å². The number of carbonyl (C=O) groups excluding carboxylic acids is 1. The number of hydrogen-bond acceptors (Lipinski definition) is 3. The van der Waals surface area contributed by atoms with Crippen LogP contribution in [0.3, 0.4) is 0 Å². The molecule has 0 saturated carbocycles. The fraction of sp³-hybridized carbons (Fsp3) is 0.571. The molecule has 1 aromatic rings. The molecule has 2 heterocycles. The van der Waals surface area contributed by atoms with Crippen LogP contribution < -0.4 is 5.32 Å². The Morgan fingerprint density at radius 2 is 2.42 bits per heavy atom. The number of pyridine rings is 1. The molecule has 1 N–H and O–H groups in total. The molecule has 2 rings (SSSR count). The summed E-state index contributed by atoms with van der Waals surface area (Å²) in [4.78, 5) is 18.8. The summed E-state index contributed by atoms with van der Waals surface area (Å²) in [5.74, 6) is 1.36. The zero-order valence-electron chi connectivity index (χ0n) is 11.4. The van der Waals surface area contributed by atoms with Gasteiger partial charge in [0.2, 0.25) is 0 Å². The molecular weight excluding hydrogens is 306 g/mol. The average Bonchev–Trinajstić information content (AvgIpc) is 2.46. The van der Waals surface area contributed by atoms with Crippen LogP contribution >= 0.6 is 15.9 Å². The predicted molar refractivity (Wildman–Crippen MR) is 80.4 cm³/mol. The molecule has 0 spiro atoms. The van der Waals surface area contributed by atoms with Crippen molar-refractivity contribution in [2.24, 2.45) is 5.92 Å². The summed E-state index contributed by atoms with van der Waals surface area (Å²) in [7, 11) is 1.79. The lowest BCUT2D eigenvalue weighted by molar-refractivity contribution is 0.0672. The minimum atomic E-state index is 0.0799. The van der Waals surface area contributed by atoms with Gasteiger partial charge in [-0.2, -0.15) is 0 Å². The smallest absolute Gasteiger partial charge is 0.257 e. The molecule has 0 bridgehead atoms. The minimum absolute atomic E-state index is 0.0799. The second kappa shape index (κ2) is 6.37. The Labute approximate surface area is 122 Å². The van der Waals surface area contributed by atoms with Crippen molar-refractivity contribution in [2.45, 2.75) is 26.2 Å². The zero-order chi connectivity index (χ0) is 13.8. The third-order valence-corrected chi connectivity index (χ3v) is 4.14. The highest BCUT2D eigenvalue weighted by Crippen LogP contribution is 2.24. The number of anilines is 1.